The summed E-state index contributed by atoms with van der Waals surface area (Å²) in [7, 11) is 0. The first-order valence-electron chi connectivity index (χ1n) is 4.89. The Hall–Kier alpha value is -1.75. The Labute approximate surface area is 96.5 Å². The lowest BCUT2D eigenvalue weighted by Crippen LogP contribution is -2.11. The molecule has 0 radical (unpaired) electrons. The van der Waals surface area contributed by atoms with Crippen LogP contribution in [0.4, 0.5) is 6.01 Å². The summed E-state index contributed by atoms with van der Waals surface area (Å²) in [6, 6.07) is 5.77. The largest absolute Gasteiger partial charge is 0.422 e. The molecule has 0 saturated carbocycles. The van der Waals surface area contributed by atoms with Gasteiger partial charge in [-0.1, -0.05) is 11.6 Å². The van der Waals surface area contributed by atoms with E-state index in [1.165, 1.54) is 0 Å². The van der Waals surface area contributed by atoms with Crippen molar-refractivity contribution >= 4 is 34.6 Å². The van der Waals surface area contributed by atoms with Gasteiger partial charge in [0.2, 0.25) is 0 Å². The van der Waals surface area contributed by atoms with E-state index in [2.05, 4.69) is 10.1 Å². The first-order valence-corrected chi connectivity index (χ1v) is 5.27. The van der Waals surface area contributed by atoms with Gasteiger partial charge in [0, 0.05) is 11.4 Å². The van der Waals surface area contributed by atoms with Gasteiger partial charge in [-0.25, -0.2) is 5.01 Å². The number of nitrogens with two attached hydrogens (primary N) is 1. The van der Waals surface area contributed by atoms with Gasteiger partial charge in [0.05, 0.1) is 6.54 Å². The molecule has 0 fully saturated rings. The second-order valence-corrected chi connectivity index (χ2v) is 4.01. The molecule has 1 aromatic heterocycles. The van der Waals surface area contributed by atoms with Crippen LogP contribution in [0.5, 0.6) is 0 Å². The van der Waals surface area contributed by atoms with E-state index in [0.717, 1.165) is 11.9 Å². The third-order valence-corrected chi connectivity index (χ3v) is 2.62. The third-order valence-electron chi connectivity index (χ3n) is 2.39. The number of nitrogens with zero attached hydrogens (tertiary/aromatic N) is 3. The summed E-state index contributed by atoms with van der Waals surface area (Å²) in [5.74, 6) is 0.597. The van der Waals surface area contributed by atoms with Crippen molar-refractivity contribution in [2.24, 2.45) is 10.8 Å². The average molecular weight is 237 g/mol. The standard InChI is InChI=1S/C10H9ClN4O/c11-6-1-2-8-7(5-6)13-10(16-8)15-4-3-9(12)14-15/h1-2,5H,3-4H2,(H2,12,14). The molecule has 1 aliphatic rings. The highest BCUT2D eigenvalue weighted by molar-refractivity contribution is 6.31. The van der Waals surface area contributed by atoms with Crippen LogP contribution in [-0.2, 0) is 0 Å². The number of hydrogen-bond acceptors (Lipinski definition) is 5. The van der Waals surface area contributed by atoms with E-state index in [0.29, 0.717) is 29.0 Å². The van der Waals surface area contributed by atoms with Gasteiger partial charge in [-0.15, -0.1) is 0 Å². The Kier molecular flexibility index (Phi) is 2.00. The number of benzene rings is 1. The molecular weight excluding hydrogens is 228 g/mol. The zero-order valence-electron chi connectivity index (χ0n) is 8.35. The van der Waals surface area contributed by atoms with E-state index in [1.807, 2.05) is 0 Å². The van der Waals surface area contributed by atoms with Crippen molar-refractivity contribution in [2.45, 2.75) is 6.42 Å². The van der Waals surface area contributed by atoms with Crippen molar-refractivity contribution in [3.63, 3.8) is 0 Å². The summed E-state index contributed by atoms with van der Waals surface area (Å²) in [4.78, 5) is 4.30. The van der Waals surface area contributed by atoms with E-state index >= 15 is 0 Å². The first-order chi connectivity index (χ1) is 7.72. The Bertz CT molecular complexity index is 577. The van der Waals surface area contributed by atoms with Gasteiger partial charge in [0.25, 0.3) is 0 Å². The molecule has 16 heavy (non-hydrogen) atoms. The molecule has 6 heteroatoms. The molecule has 82 valence electrons. The first kappa shape index (κ1) is 9.47. The minimum absolute atomic E-state index is 0.456. The number of oxazole rings is 1. The molecule has 0 spiro atoms. The summed E-state index contributed by atoms with van der Waals surface area (Å²) < 4.78 is 5.55. The van der Waals surface area contributed by atoms with Crippen LogP contribution in [0.1, 0.15) is 6.42 Å². The topological polar surface area (TPSA) is 67.7 Å². The number of halogens is 1. The summed E-state index contributed by atoms with van der Waals surface area (Å²) in [5.41, 5.74) is 7.02. The number of aromatic nitrogens is 1. The molecule has 2 N–H and O–H groups in total. The fourth-order valence-electron chi connectivity index (χ4n) is 1.61. The molecule has 2 aromatic rings. The second-order valence-electron chi connectivity index (χ2n) is 3.57. The highest BCUT2D eigenvalue weighted by atomic mass is 35.5. The lowest BCUT2D eigenvalue weighted by atomic mass is 10.3. The van der Waals surface area contributed by atoms with Crippen LogP contribution in [0, 0.1) is 0 Å². The van der Waals surface area contributed by atoms with Crippen LogP contribution in [-0.4, -0.2) is 17.4 Å². The summed E-state index contributed by atoms with van der Waals surface area (Å²) in [5, 5.41) is 6.41. The average Bonchev–Trinajstić information content (AvgIpc) is 2.83. The van der Waals surface area contributed by atoms with E-state index in [9.17, 15) is 0 Å². The van der Waals surface area contributed by atoms with E-state index in [4.69, 9.17) is 21.8 Å². The molecule has 1 aromatic carbocycles. The lowest BCUT2D eigenvalue weighted by Gasteiger charge is -2.05. The predicted molar refractivity (Wildman–Crippen MR) is 62.6 cm³/mol. The number of amidine groups is 1. The molecule has 0 amide bonds. The maximum atomic E-state index is 5.87. The van der Waals surface area contributed by atoms with Gasteiger partial charge < -0.3 is 10.2 Å². The van der Waals surface area contributed by atoms with Crippen LogP contribution in [0.2, 0.25) is 5.02 Å². The number of rotatable bonds is 1. The molecule has 0 unspecified atom stereocenters. The van der Waals surface area contributed by atoms with Crippen LogP contribution < -0.4 is 10.7 Å². The molecule has 0 aliphatic carbocycles. The van der Waals surface area contributed by atoms with Crippen molar-refractivity contribution in [2.75, 3.05) is 11.6 Å². The SMILES string of the molecule is NC1=NN(c2nc3cc(Cl)ccc3o2)CC1. The Morgan fingerprint density at radius 1 is 1.44 bits per heavy atom. The minimum atomic E-state index is 0.456. The van der Waals surface area contributed by atoms with Crippen LogP contribution in [0.25, 0.3) is 11.1 Å². The maximum Gasteiger partial charge on any atom is 0.319 e. The van der Waals surface area contributed by atoms with Crippen molar-refractivity contribution < 1.29 is 4.42 Å². The fourth-order valence-corrected chi connectivity index (χ4v) is 1.78. The number of hydrazone groups is 1. The zero-order valence-corrected chi connectivity index (χ0v) is 9.11. The Balaban J connectivity index is 2.05. The zero-order chi connectivity index (χ0) is 11.1. The second kappa shape index (κ2) is 3.38. The van der Waals surface area contributed by atoms with Gasteiger partial charge in [-0.05, 0) is 18.2 Å². The predicted octanol–water partition coefficient (Wildman–Crippen LogP) is 1.96. The van der Waals surface area contributed by atoms with E-state index in [-0.39, 0.29) is 0 Å². The molecule has 0 saturated heterocycles. The van der Waals surface area contributed by atoms with Crippen LogP contribution in [0.15, 0.2) is 27.7 Å². The van der Waals surface area contributed by atoms with Crippen LogP contribution in [0.3, 0.4) is 0 Å². The lowest BCUT2D eigenvalue weighted by molar-refractivity contribution is 0.581. The summed E-state index contributed by atoms with van der Waals surface area (Å²) in [6.07, 6.45) is 0.736. The quantitative estimate of drug-likeness (QED) is 0.822. The maximum absolute atomic E-state index is 5.87. The fraction of sp³-hybridized carbons (Fsp3) is 0.200. The van der Waals surface area contributed by atoms with E-state index in [1.54, 1.807) is 23.2 Å². The van der Waals surface area contributed by atoms with Crippen molar-refractivity contribution in [3.8, 4) is 0 Å². The highest BCUT2D eigenvalue weighted by Crippen LogP contribution is 2.25. The molecule has 3 rings (SSSR count). The normalized spacial score (nSPS) is 15.8. The van der Waals surface area contributed by atoms with Crippen molar-refractivity contribution in [3.05, 3.63) is 23.2 Å². The molecule has 0 bridgehead atoms. The Morgan fingerprint density at radius 2 is 2.31 bits per heavy atom. The molecule has 0 atom stereocenters. The van der Waals surface area contributed by atoms with Gasteiger partial charge in [-0.3, -0.25) is 0 Å². The van der Waals surface area contributed by atoms with Gasteiger partial charge >= 0.3 is 6.01 Å². The minimum Gasteiger partial charge on any atom is -0.422 e. The molecule has 1 aliphatic heterocycles. The molecule has 5 nitrogen and oxygen atoms in total. The third kappa shape index (κ3) is 1.49. The van der Waals surface area contributed by atoms with Gasteiger partial charge in [-0.2, -0.15) is 10.1 Å². The Morgan fingerprint density at radius 3 is 3.06 bits per heavy atom. The van der Waals surface area contributed by atoms with Crippen molar-refractivity contribution in [1.29, 1.82) is 0 Å². The van der Waals surface area contributed by atoms with E-state index < -0.39 is 0 Å². The number of fused-ring (bicyclic) bond motifs is 1. The molecule has 2 heterocycles. The highest BCUT2D eigenvalue weighted by Gasteiger charge is 2.18. The summed E-state index contributed by atoms with van der Waals surface area (Å²) >= 11 is 5.87. The smallest absolute Gasteiger partial charge is 0.319 e. The van der Waals surface area contributed by atoms with Gasteiger partial charge in [0.15, 0.2) is 5.58 Å². The number of anilines is 1. The summed E-state index contributed by atoms with van der Waals surface area (Å²) in [6.45, 7) is 0.701. The van der Waals surface area contributed by atoms with Crippen LogP contribution >= 0.6 is 11.6 Å². The molecular formula is C10H9ClN4O. The number of hydrogen-bond donors (Lipinski definition) is 1. The van der Waals surface area contributed by atoms with Gasteiger partial charge in [0.1, 0.15) is 11.4 Å². The van der Waals surface area contributed by atoms with Crippen molar-refractivity contribution in [1.82, 2.24) is 4.98 Å². The monoisotopic (exact) mass is 236 g/mol.